The molecule has 0 bridgehead atoms. The second kappa shape index (κ2) is 7.86. The number of thiazole rings is 1. The maximum absolute atomic E-state index is 13.4. The Hall–Kier alpha value is -2.27. The normalized spacial score (nSPS) is 16.1. The molecule has 0 unspecified atom stereocenters. The van der Waals surface area contributed by atoms with E-state index in [0.29, 0.717) is 10.8 Å². The molecular weight excluding hydrogens is 439 g/mol. The molecule has 0 radical (unpaired) electrons. The predicted molar refractivity (Wildman–Crippen MR) is 109 cm³/mol. The van der Waals surface area contributed by atoms with Crippen molar-refractivity contribution in [3.63, 3.8) is 0 Å². The van der Waals surface area contributed by atoms with Gasteiger partial charge < -0.3 is 4.90 Å². The average molecular weight is 455 g/mol. The molecule has 152 valence electrons. The summed E-state index contributed by atoms with van der Waals surface area (Å²) >= 11 is 7.55. The summed E-state index contributed by atoms with van der Waals surface area (Å²) in [5, 5.41) is 2.18. The molecule has 3 aromatic rings. The van der Waals surface area contributed by atoms with Crippen molar-refractivity contribution in [3.05, 3.63) is 58.6 Å². The van der Waals surface area contributed by atoms with Gasteiger partial charge in [0.1, 0.15) is 5.82 Å². The van der Waals surface area contributed by atoms with Crippen molar-refractivity contribution < 1.29 is 17.6 Å². The molecule has 1 aromatic carbocycles. The van der Waals surface area contributed by atoms with Crippen molar-refractivity contribution in [2.45, 2.75) is 4.90 Å². The highest BCUT2D eigenvalue weighted by Gasteiger charge is 2.29. The number of benzene rings is 1. The minimum Gasteiger partial charge on any atom is -0.337 e. The predicted octanol–water partition coefficient (Wildman–Crippen LogP) is 2.73. The fourth-order valence-electron chi connectivity index (χ4n) is 3.11. The Morgan fingerprint density at radius 3 is 2.72 bits per heavy atom. The number of fused-ring (bicyclic) bond motifs is 1. The standard InChI is InChI=1S/C18H16ClFN4O3S2/c19-17-15(24-10-11-28-18(24)21-17)4-5-16(25)22-6-8-23(9-7-22)29(26,27)14-3-1-2-13(20)12-14/h1-5,10-12H,6-9H2/b5-4+. The zero-order valence-corrected chi connectivity index (χ0v) is 17.4. The van der Waals surface area contributed by atoms with Gasteiger partial charge in [-0.1, -0.05) is 17.7 Å². The summed E-state index contributed by atoms with van der Waals surface area (Å²) in [6.45, 7) is 0.763. The van der Waals surface area contributed by atoms with Gasteiger partial charge in [0.2, 0.25) is 15.9 Å². The largest absolute Gasteiger partial charge is 0.337 e. The van der Waals surface area contributed by atoms with E-state index in [1.54, 1.807) is 15.4 Å². The molecule has 0 aliphatic carbocycles. The smallest absolute Gasteiger partial charge is 0.246 e. The number of sulfonamides is 1. The van der Waals surface area contributed by atoms with Crippen molar-refractivity contribution in [3.8, 4) is 0 Å². The first-order chi connectivity index (χ1) is 13.9. The molecule has 7 nitrogen and oxygen atoms in total. The van der Waals surface area contributed by atoms with Gasteiger partial charge in [-0.3, -0.25) is 9.20 Å². The molecule has 1 aliphatic rings. The maximum atomic E-state index is 13.4. The number of hydrogen-bond acceptors (Lipinski definition) is 5. The monoisotopic (exact) mass is 454 g/mol. The molecule has 1 aliphatic heterocycles. The number of amides is 1. The van der Waals surface area contributed by atoms with Crippen LogP contribution in [-0.2, 0) is 14.8 Å². The topological polar surface area (TPSA) is 75.0 Å². The van der Waals surface area contributed by atoms with Crippen LogP contribution in [0.1, 0.15) is 5.69 Å². The van der Waals surface area contributed by atoms with Crippen LogP contribution >= 0.6 is 22.9 Å². The van der Waals surface area contributed by atoms with E-state index in [9.17, 15) is 17.6 Å². The minimum atomic E-state index is -3.80. The Kier molecular flexibility index (Phi) is 5.43. The van der Waals surface area contributed by atoms with E-state index in [2.05, 4.69) is 4.98 Å². The van der Waals surface area contributed by atoms with Gasteiger partial charge >= 0.3 is 0 Å². The molecule has 4 rings (SSSR count). The molecule has 2 aromatic heterocycles. The van der Waals surface area contributed by atoms with Crippen molar-refractivity contribution in [1.29, 1.82) is 0 Å². The lowest BCUT2D eigenvalue weighted by molar-refractivity contribution is -0.127. The quantitative estimate of drug-likeness (QED) is 0.568. The van der Waals surface area contributed by atoms with E-state index in [1.165, 1.54) is 39.9 Å². The van der Waals surface area contributed by atoms with Crippen LogP contribution in [0.25, 0.3) is 11.0 Å². The lowest BCUT2D eigenvalue weighted by Crippen LogP contribution is -2.50. The van der Waals surface area contributed by atoms with Gasteiger partial charge in [-0.2, -0.15) is 4.31 Å². The van der Waals surface area contributed by atoms with Crippen molar-refractivity contribution in [2.24, 2.45) is 0 Å². The highest BCUT2D eigenvalue weighted by molar-refractivity contribution is 7.89. The van der Waals surface area contributed by atoms with Gasteiger partial charge in [0.15, 0.2) is 10.1 Å². The Balaban J connectivity index is 1.42. The molecule has 29 heavy (non-hydrogen) atoms. The number of halogens is 2. The van der Waals surface area contributed by atoms with E-state index in [4.69, 9.17) is 11.6 Å². The molecule has 1 saturated heterocycles. The van der Waals surface area contributed by atoms with Gasteiger partial charge in [-0.05, 0) is 24.3 Å². The lowest BCUT2D eigenvalue weighted by atomic mass is 10.3. The summed E-state index contributed by atoms with van der Waals surface area (Å²) in [4.78, 5) is 18.9. The fraction of sp³-hybridized carbons (Fsp3) is 0.222. The molecule has 11 heteroatoms. The number of imidazole rings is 1. The van der Waals surface area contributed by atoms with Crippen molar-refractivity contribution in [2.75, 3.05) is 26.2 Å². The van der Waals surface area contributed by atoms with Gasteiger partial charge in [-0.25, -0.2) is 17.8 Å². The first-order valence-electron chi connectivity index (χ1n) is 8.70. The maximum Gasteiger partial charge on any atom is 0.246 e. The van der Waals surface area contributed by atoms with Gasteiger partial charge in [0, 0.05) is 43.8 Å². The minimum absolute atomic E-state index is 0.0904. The molecular formula is C18H16ClFN4O3S2. The van der Waals surface area contributed by atoms with E-state index in [0.717, 1.165) is 11.0 Å². The highest BCUT2D eigenvalue weighted by atomic mass is 35.5. The van der Waals surface area contributed by atoms with Crippen molar-refractivity contribution in [1.82, 2.24) is 18.6 Å². The van der Waals surface area contributed by atoms with E-state index in [1.807, 2.05) is 11.6 Å². The van der Waals surface area contributed by atoms with Crippen LogP contribution in [0.2, 0.25) is 5.15 Å². The summed E-state index contributed by atoms with van der Waals surface area (Å²) in [5.41, 5.74) is 0.614. The summed E-state index contributed by atoms with van der Waals surface area (Å²) < 4.78 is 41.7. The van der Waals surface area contributed by atoms with Crippen LogP contribution in [0.15, 0.2) is 46.8 Å². The number of nitrogens with zero attached hydrogens (tertiary/aromatic N) is 4. The Morgan fingerprint density at radius 2 is 2.00 bits per heavy atom. The summed E-state index contributed by atoms with van der Waals surface area (Å²) in [7, 11) is -3.80. The summed E-state index contributed by atoms with van der Waals surface area (Å²) in [6, 6.07) is 4.91. The van der Waals surface area contributed by atoms with Gasteiger partial charge in [-0.15, -0.1) is 11.3 Å². The fourth-order valence-corrected chi connectivity index (χ4v) is 5.57. The molecule has 0 N–H and O–H groups in total. The summed E-state index contributed by atoms with van der Waals surface area (Å²) in [5.74, 6) is -0.850. The Bertz CT molecular complexity index is 1200. The first kappa shape index (κ1) is 20.0. The highest BCUT2D eigenvalue weighted by Crippen LogP contribution is 2.23. The number of carbonyl (C=O) groups excluding carboxylic acids is 1. The van der Waals surface area contributed by atoms with Crippen LogP contribution in [0.5, 0.6) is 0 Å². The third-order valence-corrected chi connectivity index (χ3v) is 7.55. The third kappa shape index (κ3) is 3.93. The Labute approximate surface area is 175 Å². The number of aromatic nitrogens is 2. The SMILES string of the molecule is O=C(/C=C/c1c(Cl)nc2sccn12)N1CCN(S(=O)(=O)c2cccc(F)c2)CC1. The van der Waals surface area contributed by atoms with E-state index >= 15 is 0 Å². The molecule has 0 spiro atoms. The average Bonchev–Trinajstić information content (AvgIpc) is 3.27. The van der Waals surface area contributed by atoms with Crippen LogP contribution in [-0.4, -0.2) is 59.1 Å². The number of carbonyl (C=O) groups is 1. The van der Waals surface area contributed by atoms with E-state index < -0.39 is 15.8 Å². The molecule has 1 amide bonds. The molecule has 0 atom stereocenters. The van der Waals surface area contributed by atoms with Crippen LogP contribution in [0, 0.1) is 5.82 Å². The van der Waals surface area contributed by atoms with E-state index in [-0.39, 0.29) is 37.0 Å². The van der Waals surface area contributed by atoms with Crippen molar-refractivity contribution >= 4 is 49.9 Å². The molecule has 1 fully saturated rings. The lowest BCUT2D eigenvalue weighted by Gasteiger charge is -2.33. The second-order valence-corrected chi connectivity index (χ2v) is 9.53. The van der Waals surface area contributed by atoms with Crippen LogP contribution in [0.4, 0.5) is 4.39 Å². The second-order valence-electron chi connectivity index (χ2n) is 6.36. The molecule has 3 heterocycles. The summed E-state index contributed by atoms with van der Waals surface area (Å²) in [6.07, 6.45) is 4.83. The third-order valence-electron chi connectivity index (χ3n) is 4.62. The molecule has 0 saturated carbocycles. The van der Waals surface area contributed by atoms with Gasteiger partial charge in [0.05, 0.1) is 10.6 Å². The number of hydrogen-bond donors (Lipinski definition) is 0. The van der Waals surface area contributed by atoms with Gasteiger partial charge in [0.25, 0.3) is 0 Å². The van der Waals surface area contributed by atoms with Crippen LogP contribution < -0.4 is 0 Å². The zero-order valence-electron chi connectivity index (χ0n) is 15.0. The Morgan fingerprint density at radius 1 is 1.24 bits per heavy atom. The van der Waals surface area contributed by atoms with Crippen LogP contribution in [0.3, 0.4) is 0 Å². The number of piperazine rings is 1. The number of rotatable bonds is 4. The first-order valence-corrected chi connectivity index (χ1v) is 11.4. The zero-order chi connectivity index (χ0) is 20.6.